The van der Waals surface area contributed by atoms with Crippen molar-refractivity contribution in [2.75, 3.05) is 11.4 Å². The lowest BCUT2D eigenvalue weighted by molar-refractivity contribution is -0.119. The van der Waals surface area contributed by atoms with Gasteiger partial charge in [0.2, 0.25) is 5.91 Å². The number of carbonyl (C=O) groups is 1. The first-order valence-corrected chi connectivity index (χ1v) is 6.24. The van der Waals surface area contributed by atoms with Crippen molar-refractivity contribution in [3.8, 4) is 0 Å². The monoisotopic (exact) mass is 232 g/mol. The molecule has 1 aliphatic heterocycles. The van der Waals surface area contributed by atoms with E-state index in [1.807, 2.05) is 11.8 Å². The summed E-state index contributed by atoms with van der Waals surface area (Å²) in [6, 6.07) is 3.69. The lowest BCUT2D eigenvalue weighted by atomic mass is 10.0. The molecule has 1 aliphatic rings. The van der Waals surface area contributed by atoms with E-state index in [1.165, 1.54) is 5.56 Å². The minimum Gasteiger partial charge on any atom is -0.316 e. The van der Waals surface area contributed by atoms with Gasteiger partial charge >= 0.3 is 0 Å². The number of hydrogen-bond acceptors (Lipinski definition) is 2. The summed E-state index contributed by atoms with van der Waals surface area (Å²) in [6.45, 7) is 6.99. The van der Waals surface area contributed by atoms with Gasteiger partial charge in [0.1, 0.15) is 6.04 Å². The molecule has 0 aromatic heterocycles. The smallest absolute Gasteiger partial charge is 0.248 e. The van der Waals surface area contributed by atoms with Crippen LogP contribution in [0.2, 0.25) is 0 Å². The van der Waals surface area contributed by atoms with Crippen LogP contribution in [0.25, 0.3) is 0 Å². The quantitative estimate of drug-likeness (QED) is 0.870. The van der Waals surface area contributed by atoms with Gasteiger partial charge in [0.25, 0.3) is 0 Å². The zero-order chi connectivity index (χ0) is 12.6. The molecule has 0 radical (unpaired) electrons. The fourth-order valence-electron chi connectivity index (χ4n) is 2.54. The number of rotatable bonds is 3. The fraction of sp³-hybridized carbons (Fsp3) is 0.500. The Morgan fingerprint density at radius 3 is 2.71 bits per heavy atom. The van der Waals surface area contributed by atoms with E-state index in [-0.39, 0.29) is 5.91 Å². The van der Waals surface area contributed by atoms with Crippen LogP contribution >= 0.6 is 0 Å². The van der Waals surface area contributed by atoms with Gasteiger partial charge in [0.05, 0.1) is 0 Å². The third-order valence-electron chi connectivity index (χ3n) is 3.38. The van der Waals surface area contributed by atoms with Gasteiger partial charge in [-0.25, -0.2) is 0 Å². The van der Waals surface area contributed by atoms with Crippen LogP contribution in [0.4, 0.5) is 5.69 Å². The van der Waals surface area contributed by atoms with Gasteiger partial charge in [0, 0.05) is 17.8 Å². The summed E-state index contributed by atoms with van der Waals surface area (Å²) in [7, 11) is 0. The first kappa shape index (κ1) is 12.1. The van der Waals surface area contributed by atoms with E-state index in [9.17, 15) is 4.79 Å². The molecule has 3 nitrogen and oxygen atoms in total. The Morgan fingerprint density at radius 2 is 2.06 bits per heavy atom. The second-order valence-corrected chi connectivity index (χ2v) is 4.84. The summed E-state index contributed by atoms with van der Waals surface area (Å²) in [5.74, 6) is 0.0437. The van der Waals surface area contributed by atoms with E-state index in [1.54, 1.807) is 0 Å². The first-order chi connectivity index (χ1) is 8.06. The number of unbranched alkanes of at least 4 members (excludes halogenated alkanes) is 1. The zero-order valence-electron chi connectivity index (χ0n) is 10.8. The number of hydrogen-bond donors (Lipinski definition) is 1. The van der Waals surface area contributed by atoms with Gasteiger partial charge < -0.3 is 10.6 Å². The average Bonchev–Trinajstić information content (AvgIpc) is 2.49. The van der Waals surface area contributed by atoms with Gasteiger partial charge in [0.15, 0.2) is 0 Å². The summed E-state index contributed by atoms with van der Waals surface area (Å²) in [5.41, 5.74) is 10.4. The van der Waals surface area contributed by atoms with Crippen LogP contribution < -0.4 is 10.6 Å². The van der Waals surface area contributed by atoms with E-state index in [4.69, 9.17) is 5.73 Å². The van der Waals surface area contributed by atoms with Crippen LogP contribution in [-0.2, 0) is 4.79 Å². The Morgan fingerprint density at radius 1 is 1.35 bits per heavy atom. The maximum atomic E-state index is 12.1. The van der Waals surface area contributed by atoms with Crippen LogP contribution in [0.3, 0.4) is 0 Å². The number of carbonyl (C=O) groups excluding carboxylic acids is 1. The maximum Gasteiger partial charge on any atom is 0.248 e. The van der Waals surface area contributed by atoms with Crippen LogP contribution in [0.5, 0.6) is 0 Å². The molecule has 0 aliphatic carbocycles. The molecule has 1 heterocycles. The average molecular weight is 232 g/mol. The van der Waals surface area contributed by atoms with Crippen molar-refractivity contribution in [3.63, 3.8) is 0 Å². The Kier molecular flexibility index (Phi) is 3.20. The van der Waals surface area contributed by atoms with Crippen LogP contribution in [0, 0.1) is 13.8 Å². The molecule has 0 fully saturated rings. The van der Waals surface area contributed by atoms with Crippen molar-refractivity contribution >= 4 is 11.6 Å². The molecule has 0 saturated heterocycles. The molecule has 3 heteroatoms. The lowest BCUT2D eigenvalue weighted by Crippen LogP contribution is -2.32. The molecular formula is C14H20N2O. The number of aryl methyl sites for hydroxylation is 2. The predicted octanol–water partition coefficient (Wildman–Crippen LogP) is 2.45. The molecule has 1 unspecified atom stereocenters. The predicted molar refractivity (Wildman–Crippen MR) is 70.1 cm³/mol. The highest BCUT2D eigenvalue weighted by Crippen LogP contribution is 2.37. The largest absolute Gasteiger partial charge is 0.316 e. The number of nitrogens with two attached hydrogens (primary N) is 1. The molecule has 1 aromatic carbocycles. The molecule has 2 rings (SSSR count). The highest BCUT2D eigenvalue weighted by molar-refractivity contribution is 6.05. The molecule has 0 saturated carbocycles. The fourth-order valence-corrected chi connectivity index (χ4v) is 2.54. The lowest BCUT2D eigenvalue weighted by Gasteiger charge is -2.17. The normalized spacial score (nSPS) is 18.7. The van der Waals surface area contributed by atoms with E-state index >= 15 is 0 Å². The summed E-state index contributed by atoms with van der Waals surface area (Å²) >= 11 is 0. The number of anilines is 1. The minimum atomic E-state index is -0.470. The standard InChI is InChI=1S/C14H20N2O/c1-4-5-6-16-11-8-9(2)7-10(3)12(11)13(15)14(16)17/h7-8,13H,4-6,15H2,1-3H3. The molecule has 1 amide bonds. The van der Waals surface area contributed by atoms with Crippen molar-refractivity contribution < 1.29 is 4.79 Å². The van der Waals surface area contributed by atoms with Gasteiger partial charge in [-0.15, -0.1) is 0 Å². The Hall–Kier alpha value is -1.35. The Bertz CT molecular complexity index is 454. The second kappa shape index (κ2) is 4.49. The number of amides is 1. The summed E-state index contributed by atoms with van der Waals surface area (Å²) in [4.78, 5) is 14.0. The van der Waals surface area contributed by atoms with E-state index < -0.39 is 6.04 Å². The van der Waals surface area contributed by atoms with Crippen molar-refractivity contribution in [2.24, 2.45) is 5.73 Å². The molecular weight excluding hydrogens is 212 g/mol. The third-order valence-corrected chi connectivity index (χ3v) is 3.38. The molecule has 0 spiro atoms. The highest BCUT2D eigenvalue weighted by atomic mass is 16.2. The number of nitrogens with zero attached hydrogens (tertiary/aromatic N) is 1. The zero-order valence-corrected chi connectivity index (χ0v) is 10.8. The first-order valence-electron chi connectivity index (χ1n) is 6.24. The van der Waals surface area contributed by atoms with Crippen LogP contribution in [-0.4, -0.2) is 12.5 Å². The molecule has 0 bridgehead atoms. The number of benzene rings is 1. The van der Waals surface area contributed by atoms with E-state index in [2.05, 4.69) is 26.0 Å². The third kappa shape index (κ3) is 1.95. The van der Waals surface area contributed by atoms with Crippen molar-refractivity contribution in [1.29, 1.82) is 0 Å². The van der Waals surface area contributed by atoms with E-state index in [0.717, 1.165) is 36.2 Å². The maximum absolute atomic E-state index is 12.1. The summed E-state index contributed by atoms with van der Waals surface area (Å²) in [6.07, 6.45) is 2.10. The number of fused-ring (bicyclic) bond motifs is 1. The molecule has 1 aromatic rings. The van der Waals surface area contributed by atoms with E-state index in [0.29, 0.717) is 0 Å². The minimum absolute atomic E-state index is 0.0437. The van der Waals surface area contributed by atoms with Gasteiger partial charge in [-0.2, -0.15) is 0 Å². The molecule has 1 atom stereocenters. The van der Waals surface area contributed by atoms with Crippen molar-refractivity contribution in [1.82, 2.24) is 0 Å². The van der Waals surface area contributed by atoms with Crippen LogP contribution in [0.1, 0.15) is 42.5 Å². The molecule has 17 heavy (non-hydrogen) atoms. The van der Waals surface area contributed by atoms with Crippen LogP contribution in [0.15, 0.2) is 12.1 Å². The van der Waals surface area contributed by atoms with Gasteiger partial charge in [-0.05, 0) is 37.5 Å². The van der Waals surface area contributed by atoms with Crippen molar-refractivity contribution in [2.45, 2.75) is 39.7 Å². The topological polar surface area (TPSA) is 46.3 Å². The van der Waals surface area contributed by atoms with Gasteiger partial charge in [-0.3, -0.25) is 4.79 Å². The molecule has 92 valence electrons. The van der Waals surface area contributed by atoms with Gasteiger partial charge in [-0.1, -0.05) is 19.4 Å². The molecule has 2 N–H and O–H groups in total. The Balaban J connectivity index is 2.44. The van der Waals surface area contributed by atoms with Crippen molar-refractivity contribution in [3.05, 3.63) is 28.8 Å². The summed E-state index contributed by atoms with van der Waals surface area (Å²) < 4.78 is 0. The Labute approximate surface area is 103 Å². The summed E-state index contributed by atoms with van der Waals surface area (Å²) in [5, 5.41) is 0. The highest BCUT2D eigenvalue weighted by Gasteiger charge is 2.35. The second-order valence-electron chi connectivity index (χ2n) is 4.84. The SMILES string of the molecule is CCCCN1C(=O)C(N)c2c(C)cc(C)cc21.